The number of alkyl halides is 2. The van der Waals surface area contributed by atoms with Gasteiger partial charge in [0.15, 0.2) is 11.5 Å². The van der Waals surface area contributed by atoms with Gasteiger partial charge in [0, 0.05) is 17.5 Å². The van der Waals surface area contributed by atoms with Gasteiger partial charge in [-0.15, -0.1) is 11.3 Å². The summed E-state index contributed by atoms with van der Waals surface area (Å²) in [6, 6.07) is 4.46. The first kappa shape index (κ1) is 15.7. The molecule has 0 spiro atoms. The lowest BCUT2D eigenvalue weighted by atomic mass is 10.1. The number of halogens is 2. The normalized spacial score (nSPS) is 12.5. The molecule has 0 amide bonds. The van der Waals surface area contributed by atoms with Crippen LogP contribution in [0.2, 0.25) is 0 Å². The van der Waals surface area contributed by atoms with Gasteiger partial charge in [-0.25, -0.2) is 4.98 Å². The van der Waals surface area contributed by atoms with Gasteiger partial charge in [0.2, 0.25) is 0 Å². The monoisotopic (exact) mass is 315 g/mol. The van der Waals surface area contributed by atoms with Crippen molar-refractivity contribution in [1.29, 1.82) is 0 Å². The van der Waals surface area contributed by atoms with Crippen molar-refractivity contribution in [1.82, 2.24) is 4.98 Å². The Kier molecular flexibility index (Phi) is 5.08. The molecule has 0 fully saturated rings. The van der Waals surface area contributed by atoms with Crippen molar-refractivity contribution >= 4 is 11.3 Å². The average molecular weight is 315 g/mol. The van der Waals surface area contributed by atoms with Crippen molar-refractivity contribution in [3.05, 3.63) is 39.8 Å². The second-order valence-electron chi connectivity index (χ2n) is 4.39. The standard InChI is InChI=1S/C14H15F2NO3S/c1-8-7-21-13(17-8)6-10(18)9-3-4-11(19-2)12(5-9)20-14(15)16/h3-5,7,10,14,18H,6H2,1-2H3. The van der Waals surface area contributed by atoms with Gasteiger partial charge in [-0.2, -0.15) is 8.78 Å². The van der Waals surface area contributed by atoms with Gasteiger partial charge >= 0.3 is 6.61 Å². The Morgan fingerprint density at radius 1 is 1.33 bits per heavy atom. The molecule has 1 unspecified atom stereocenters. The van der Waals surface area contributed by atoms with E-state index in [2.05, 4.69) is 9.72 Å². The van der Waals surface area contributed by atoms with Gasteiger partial charge in [0.05, 0.1) is 18.2 Å². The molecular weight excluding hydrogens is 300 g/mol. The predicted molar refractivity (Wildman–Crippen MR) is 75.1 cm³/mol. The molecule has 1 aromatic carbocycles. The number of aromatic nitrogens is 1. The third-order valence-electron chi connectivity index (χ3n) is 2.82. The van der Waals surface area contributed by atoms with Gasteiger partial charge in [0.1, 0.15) is 0 Å². The summed E-state index contributed by atoms with van der Waals surface area (Å²) in [6.07, 6.45) is -0.527. The van der Waals surface area contributed by atoms with Crippen LogP contribution in [0.3, 0.4) is 0 Å². The molecule has 0 aliphatic rings. The second-order valence-corrected chi connectivity index (χ2v) is 5.33. The highest BCUT2D eigenvalue weighted by Crippen LogP contribution is 2.32. The molecule has 2 aromatic rings. The van der Waals surface area contributed by atoms with Crippen molar-refractivity contribution in [2.24, 2.45) is 0 Å². The van der Waals surface area contributed by atoms with E-state index in [4.69, 9.17) is 4.74 Å². The molecule has 21 heavy (non-hydrogen) atoms. The Balaban J connectivity index is 2.18. The van der Waals surface area contributed by atoms with E-state index >= 15 is 0 Å². The van der Waals surface area contributed by atoms with Gasteiger partial charge in [-0.3, -0.25) is 0 Å². The molecule has 1 heterocycles. The molecule has 2 rings (SSSR count). The number of methoxy groups -OCH3 is 1. The lowest BCUT2D eigenvalue weighted by molar-refractivity contribution is -0.0513. The third kappa shape index (κ3) is 4.12. The molecule has 114 valence electrons. The van der Waals surface area contributed by atoms with Crippen LogP contribution in [-0.2, 0) is 6.42 Å². The minimum absolute atomic E-state index is 0.0978. The number of ether oxygens (including phenoxy) is 2. The fourth-order valence-electron chi connectivity index (χ4n) is 1.87. The molecular formula is C14H15F2NO3S. The lowest BCUT2D eigenvalue weighted by Crippen LogP contribution is -2.06. The number of nitrogens with zero attached hydrogens (tertiary/aromatic N) is 1. The highest BCUT2D eigenvalue weighted by atomic mass is 32.1. The molecule has 0 saturated heterocycles. The van der Waals surface area contributed by atoms with Gasteiger partial charge in [-0.05, 0) is 24.6 Å². The van der Waals surface area contributed by atoms with E-state index in [-0.39, 0.29) is 11.5 Å². The molecule has 4 nitrogen and oxygen atoms in total. The third-order valence-corrected chi connectivity index (χ3v) is 3.81. The summed E-state index contributed by atoms with van der Waals surface area (Å²) in [5, 5.41) is 12.9. The predicted octanol–water partition coefficient (Wildman–Crippen LogP) is 3.34. The van der Waals surface area contributed by atoms with Crippen LogP contribution < -0.4 is 9.47 Å². The summed E-state index contributed by atoms with van der Waals surface area (Å²) in [5.74, 6) is 0.0933. The largest absolute Gasteiger partial charge is 0.493 e. The fraction of sp³-hybridized carbons (Fsp3) is 0.357. The van der Waals surface area contributed by atoms with Crippen LogP contribution >= 0.6 is 11.3 Å². The number of aryl methyl sites for hydroxylation is 1. The van der Waals surface area contributed by atoms with Crippen LogP contribution in [0.25, 0.3) is 0 Å². The topological polar surface area (TPSA) is 51.6 Å². The summed E-state index contributed by atoms with van der Waals surface area (Å²) in [4.78, 5) is 4.26. The first-order chi connectivity index (χ1) is 9.99. The van der Waals surface area contributed by atoms with E-state index in [1.165, 1.54) is 30.6 Å². The summed E-state index contributed by atoms with van der Waals surface area (Å²) in [6.45, 7) is -1.08. The van der Waals surface area contributed by atoms with Crippen LogP contribution in [0.1, 0.15) is 22.4 Å². The zero-order valence-corrected chi connectivity index (χ0v) is 12.4. The van der Waals surface area contributed by atoms with Crippen LogP contribution in [0, 0.1) is 6.92 Å². The Morgan fingerprint density at radius 2 is 2.10 bits per heavy atom. The Hall–Kier alpha value is -1.73. The van der Waals surface area contributed by atoms with E-state index in [9.17, 15) is 13.9 Å². The van der Waals surface area contributed by atoms with E-state index < -0.39 is 12.7 Å². The van der Waals surface area contributed by atoms with Crippen LogP contribution in [0.15, 0.2) is 23.6 Å². The highest BCUT2D eigenvalue weighted by Gasteiger charge is 2.16. The van der Waals surface area contributed by atoms with E-state index in [0.717, 1.165) is 10.7 Å². The second kappa shape index (κ2) is 6.82. The molecule has 0 radical (unpaired) electrons. The van der Waals surface area contributed by atoms with Gasteiger partial charge in [-0.1, -0.05) is 6.07 Å². The number of rotatable bonds is 6. The zero-order valence-electron chi connectivity index (χ0n) is 11.5. The number of benzene rings is 1. The van der Waals surface area contributed by atoms with Crippen molar-refractivity contribution < 1.29 is 23.4 Å². The van der Waals surface area contributed by atoms with Crippen molar-refractivity contribution in [2.75, 3.05) is 7.11 Å². The van der Waals surface area contributed by atoms with Crippen LogP contribution in [0.4, 0.5) is 8.78 Å². The van der Waals surface area contributed by atoms with Gasteiger partial charge < -0.3 is 14.6 Å². The minimum Gasteiger partial charge on any atom is -0.493 e. The van der Waals surface area contributed by atoms with E-state index in [0.29, 0.717) is 12.0 Å². The Labute approximate surface area is 125 Å². The zero-order chi connectivity index (χ0) is 15.4. The molecule has 0 aliphatic heterocycles. The summed E-state index contributed by atoms with van der Waals surface area (Å²) >= 11 is 1.45. The summed E-state index contributed by atoms with van der Waals surface area (Å²) < 4.78 is 34.1. The lowest BCUT2D eigenvalue weighted by Gasteiger charge is -2.14. The molecule has 1 aromatic heterocycles. The maximum absolute atomic E-state index is 12.4. The Morgan fingerprint density at radius 3 is 2.67 bits per heavy atom. The first-order valence-corrected chi connectivity index (χ1v) is 7.09. The number of hydrogen-bond donors (Lipinski definition) is 1. The molecule has 1 atom stereocenters. The van der Waals surface area contributed by atoms with Gasteiger partial charge in [0.25, 0.3) is 0 Å². The van der Waals surface area contributed by atoms with Crippen LogP contribution in [0.5, 0.6) is 11.5 Å². The van der Waals surface area contributed by atoms with E-state index in [1.807, 2.05) is 12.3 Å². The van der Waals surface area contributed by atoms with Crippen molar-refractivity contribution in [3.8, 4) is 11.5 Å². The summed E-state index contributed by atoms with van der Waals surface area (Å²) in [5.41, 5.74) is 1.36. The number of aliphatic hydroxyl groups is 1. The number of aliphatic hydroxyl groups excluding tert-OH is 1. The molecule has 0 saturated carbocycles. The quantitative estimate of drug-likeness (QED) is 0.888. The van der Waals surface area contributed by atoms with E-state index in [1.54, 1.807) is 6.07 Å². The summed E-state index contributed by atoms with van der Waals surface area (Å²) in [7, 11) is 1.36. The molecule has 7 heteroatoms. The average Bonchev–Trinajstić information content (AvgIpc) is 2.83. The minimum atomic E-state index is -2.95. The molecule has 1 N–H and O–H groups in total. The maximum atomic E-state index is 12.4. The molecule has 0 aliphatic carbocycles. The smallest absolute Gasteiger partial charge is 0.387 e. The first-order valence-electron chi connectivity index (χ1n) is 6.21. The SMILES string of the molecule is COc1ccc(C(O)Cc2nc(C)cs2)cc1OC(F)F. The number of hydrogen-bond acceptors (Lipinski definition) is 5. The fourth-order valence-corrected chi connectivity index (χ4v) is 2.68. The Bertz CT molecular complexity index is 604. The van der Waals surface area contributed by atoms with Crippen LogP contribution in [-0.4, -0.2) is 23.8 Å². The molecule has 0 bridgehead atoms. The van der Waals surface area contributed by atoms with Crippen molar-refractivity contribution in [2.45, 2.75) is 26.1 Å². The van der Waals surface area contributed by atoms with Crippen molar-refractivity contribution in [3.63, 3.8) is 0 Å². The number of thiazole rings is 1. The highest BCUT2D eigenvalue weighted by molar-refractivity contribution is 7.09. The maximum Gasteiger partial charge on any atom is 0.387 e.